The van der Waals surface area contributed by atoms with E-state index >= 15 is 0 Å². The van der Waals surface area contributed by atoms with Gasteiger partial charge in [0.15, 0.2) is 5.69 Å². The normalized spacial score (nSPS) is 10.7. The predicted molar refractivity (Wildman–Crippen MR) is 116 cm³/mol. The zero-order valence-electron chi connectivity index (χ0n) is 17.7. The SMILES string of the molecule is CCOC(=O)c1ccn(-c2cccc(NC(=O)N(Cc3cccc(F)c3)C(C)C)c2)n1. The minimum Gasteiger partial charge on any atom is -0.461 e. The number of halogens is 1. The molecule has 0 radical (unpaired) electrons. The number of carbonyl (C=O) groups is 2. The Morgan fingerprint density at radius 3 is 2.65 bits per heavy atom. The van der Waals surface area contributed by atoms with Crippen molar-refractivity contribution >= 4 is 17.7 Å². The highest BCUT2D eigenvalue weighted by molar-refractivity contribution is 5.90. The lowest BCUT2D eigenvalue weighted by Gasteiger charge is -2.27. The molecule has 8 heteroatoms. The molecule has 0 spiro atoms. The summed E-state index contributed by atoms with van der Waals surface area (Å²) in [6.07, 6.45) is 1.65. The molecule has 3 rings (SSSR count). The maximum Gasteiger partial charge on any atom is 0.358 e. The topological polar surface area (TPSA) is 76.5 Å². The Morgan fingerprint density at radius 1 is 1.16 bits per heavy atom. The average Bonchev–Trinajstić information content (AvgIpc) is 3.23. The first-order valence-corrected chi connectivity index (χ1v) is 10.0. The van der Waals surface area contributed by atoms with E-state index in [4.69, 9.17) is 4.74 Å². The monoisotopic (exact) mass is 424 g/mol. The van der Waals surface area contributed by atoms with Gasteiger partial charge in [-0.15, -0.1) is 0 Å². The third-order valence-corrected chi connectivity index (χ3v) is 4.56. The maximum atomic E-state index is 13.5. The van der Waals surface area contributed by atoms with Crippen molar-refractivity contribution in [1.82, 2.24) is 14.7 Å². The van der Waals surface area contributed by atoms with Crippen LogP contribution in [0.3, 0.4) is 0 Å². The summed E-state index contributed by atoms with van der Waals surface area (Å²) in [4.78, 5) is 26.3. The lowest BCUT2D eigenvalue weighted by Crippen LogP contribution is -2.39. The fourth-order valence-electron chi connectivity index (χ4n) is 3.02. The van der Waals surface area contributed by atoms with Gasteiger partial charge >= 0.3 is 12.0 Å². The van der Waals surface area contributed by atoms with Crippen LogP contribution in [0.2, 0.25) is 0 Å². The van der Waals surface area contributed by atoms with Crippen molar-refractivity contribution in [3.63, 3.8) is 0 Å². The second-order valence-electron chi connectivity index (χ2n) is 7.20. The number of carbonyl (C=O) groups excluding carboxylic acids is 2. The molecule has 162 valence electrons. The first-order valence-electron chi connectivity index (χ1n) is 10.0. The number of hydrogen-bond acceptors (Lipinski definition) is 4. The number of benzene rings is 2. The molecule has 0 bridgehead atoms. The standard InChI is InChI=1S/C23H25FN4O3/c1-4-31-22(29)21-11-12-28(26-21)20-10-6-9-19(14-20)25-23(30)27(16(2)3)15-17-7-5-8-18(24)13-17/h5-14,16H,4,15H2,1-3H3,(H,25,30). The number of esters is 1. The molecular weight excluding hydrogens is 399 g/mol. The molecule has 1 aromatic heterocycles. The molecule has 0 fully saturated rings. The highest BCUT2D eigenvalue weighted by atomic mass is 19.1. The number of nitrogens with one attached hydrogen (secondary N) is 1. The van der Waals surface area contributed by atoms with Crippen LogP contribution in [-0.4, -0.2) is 39.3 Å². The van der Waals surface area contributed by atoms with E-state index in [1.807, 2.05) is 19.9 Å². The summed E-state index contributed by atoms with van der Waals surface area (Å²) in [6, 6.07) is 14.5. The molecule has 0 unspecified atom stereocenters. The molecule has 0 aliphatic carbocycles. The molecule has 7 nitrogen and oxygen atoms in total. The van der Waals surface area contributed by atoms with E-state index < -0.39 is 5.97 Å². The van der Waals surface area contributed by atoms with Crippen LogP contribution in [0.25, 0.3) is 5.69 Å². The van der Waals surface area contributed by atoms with Crippen molar-refractivity contribution in [2.45, 2.75) is 33.4 Å². The zero-order chi connectivity index (χ0) is 22.4. The van der Waals surface area contributed by atoms with Gasteiger partial charge in [-0.2, -0.15) is 5.10 Å². The number of hydrogen-bond donors (Lipinski definition) is 1. The Kier molecular flexibility index (Phi) is 7.02. The fourth-order valence-corrected chi connectivity index (χ4v) is 3.02. The van der Waals surface area contributed by atoms with Gasteiger partial charge in [0.1, 0.15) is 5.82 Å². The predicted octanol–water partition coefficient (Wildman–Crippen LogP) is 4.63. The quantitative estimate of drug-likeness (QED) is 0.561. The first kappa shape index (κ1) is 22.0. The van der Waals surface area contributed by atoms with Gasteiger partial charge in [0.2, 0.25) is 0 Å². The van der Waals surface area contributed by atoms with Crippen molar-refractivity contribution in [2.24, 2.45) is 0 Å². The molecular formula is C23H25FN4O3. The number of ether oxygens (including phenoxy) is 1. The Labute approximate surface area is 180 Å². The van der Waals surface area contributed by atoms with Gasteiger partial charge in [0.05, 0.1) is 12.3 Å². The molecule has 0 aliphatic heterocycles. The Balaban J connectivity index is 1.74. The first-order chi connectivity index (χ1) is 14.9. The van der Waals surface area contributed by atoms with Crippen molar-refractivity contribution < 1.29 is 18.7 Å². The summed E-state index contributed by atoms with van der Waals surface area (Å²) in [5.74, 6) is -0.827. The van der Waals surface area contributed by atoms with Gasteiger partial charge in [-0.3, -0.25) is 0 Å². The van der Waals surface area contributed by atoms with Crippen LogP contribution in [0, 0.1) is 5.82 Å². The van der Waals surface area contributed by atoms with Crippen LogP contribution in [0.1, 0.15) is 36.8 Å². The summed E-state index contributed by atoms with van der Waals surface area (Å²) in [6.45, 7) is 6.08. The van der Waals surface area contributed by atoms with E-state index in [1.165, 1.54) is 16.8 Å². The number of nitrogens with zero attached hydrogens (tertiary/aromatic N) is 3. The number of urea groups is 1. The summed E-state index contributed by atoms with van der Waals surface area (Å²) >= 11 is 0. The molecule has 3 aromatic rings. The Morgan fingerprint density at radius 2 is 1.94 bits per heavy atom. The molecule has 1 N–H and O–H groups in total. The average molecular weight is 424 g/mol. The zero-order valence-corrected chi connectivity index (χ0v) is 17.7. The molecule has 0 atom stereocenters. The van der Waals surface area contributed by atoms with Gasteiger partial charge in [-0.05, 0) is 62.7 Å². The molecule has 2 amide bonds. The van der Waals surface area contributed by atoms with Gasteiger partial charge in [-0.25, -0.2) is 18.7 Å². The summed E-state index contributed by atoms with van der Waals surface area (Å²) < 4.78 is 20.0. The second kappa shape index (κ2) is 9.88. The van der Waals surface area contributed by atoms with E-state index in [0.717, 1.165) is 0 Å². The second-order valence-corrected chi connectivity index (χ2v) is 7.20. The van der Waals surface area contributed by atoms with Gasteiger partial charge in [0, 0.05) is 24.5 Å². The molecule has 1 heterocycles. The van der Waals surface area contributed by atoms with Crippen molar-refractivity contribution in [3.05, 3.63) is 77.9 Å². The van der Waals surface area contributed by atoms with Gasteiger partial charge < -0.3 is 15.0 Å². The van der Waals surface area contributed by atoms with E-state index in [2.05, 4.69) is 10.4 Å². The minimum atomic E-state index is -0.490. The summed E-state index contributed by atoms with van der Waals surface area (Å²) in [7, 11) is 0. The van der Waals surface area contributed by atoms with E-state index in [9.17, 15) is 14.0 Å². The number of anilines is 1. The number of aromatic nitrogens is 2. The largest absolute Gasteiger partial charge is 0.461 e. The van der Waals surface area contributed by atoms with Crippen molar-refractivity contribution in [2.75, 3.05) is 11.9 Å². The number of amides is 2. The van der Waals surface area contributed by atoms with Crippen molar-refractivity contribution in [3.8, 4) is 5.69 Å². The summed E-state index contributed by atoms with van der Waals surface area (Å²) in [5, 5.41) is 7.11. The minimum absolute atomic E-state index is 0.0929. The van der Waals surface area contributed by atoms with Gasteiger partial charge in [0.25, 0.3) is 0 Å². The van der Waals surface area contributed by atoms with Crippen LogP contribution < -0.4 is 5.32 Å². The van der Waals surface area contributed by atoms with Crippen LogP contribution in [0.5, 0.6) is 0 Å². The van der Waals surface area contributed by atoms with Crippen molar-refractivity contribution in [1.29, 1.82) is 0 Å². The van der Waals surface area contributed by atoms with Crippen LogP contribution in [-0.2, 0) is 11.3 Å². The summed E-state index contributed by atoms with van der Waals surface area (Å²) in [5.41, 5.74) is 2.16. The van der Waals surface area contributed by atoms with E-state index in [0.29, 0.717) is 16.9 Å². The molecule has 0 saturated heterocycles. The molecule has 2 aromatic carbocycles. The van der Waals surface area contributed by atoms with E-state index in [1.54, 1.807) is 54.4 Å². The Bertz CT molecular complexity index is 1060. The molecule has 0 saturated carbocycles. The Hall–Kier alpha value is -3.68. The smallest absolute Gasteiger partial charge is 0.358 e. The lowest BCUT2D eigenvalue weighted by molar-refractivity contribution is 0.0519. The van der Waals surface area contributed by atoms with E-state index in [-0.39, 0.29) is 36.7 Å². The number of rotatable bonds is 7. The van der Waals surface area contributed by atoms with Gasteiger partial charge in [-0.1, -0.05) is 18.2 Å². The molecule has 31 heavy (non-hydrogen) atoms. The third-order valence-electron chi connectivity index (χ3n) is 4.56. The lowest BCUT2D eigenvalue weighted by atomic mass is 10.2. The highest BCUT2D eigenvalue weighted by Gasteiger charge is 2.18. The maximum absolute atomic E-state index is 13.5. The molecule has 0 aliphatic rings. The third kappa shape index (κ3) is 5.69. The van der Waals surface area contributed by atoms with Crippen LogP contribution in [0.4, 0.5) is 14.9 Å². The van der Waals surface area contributed by atoms with Crippen LogP contribution in [0.15, 0.2) is 60.8 Å². The highest BCUT2D eigenvalue weighted by Crippen LogP contribution is 2.17. The van der Waals surface area contributed by atoms with Crippen LogP contribution >= 0.6 is 0 Å². The fraction of sp³-hybridized carbons (Fsp3) is 0.261.